The highest BCUT2D eigenvalue weighted by Crippen LogP contribution is 2.45. The summed E-state index contributed by atoms with van der Waals surface area (Å²) in [6.45, 7) is 26.2. The molecule has 2 bridgehead atoms. The molecule has 11 nitrogen and oxygen atoms in total. The van der Waals surface area contributed by atoms with Gasteiger partial charge in [0.2, 0.25) is 0 Å². The summed E-state index contributed by atoms with van der Waals surface area (Å²) < 4.78 is 57.9. The quantitative estimate of drug-likeness (QED) is 0.0626. The summed E-state index contributed by atoms with van der Waals surface area (Å²) in [4.78, 5) is 34.5. The van der Waals surface area contributed by atoms with Crippen LogP contribution in [0.2, 0.25) is 16.6 Å². The van der Waals surface area contributed by atoms with Crippen LogP contribution in [-0.4, -0.2) is 109 Å². The third kappa shape index (κ3) is 8.32. The van der Waals surface area contributed by atoms with Crippen molar-refractivity contribution in [1.82, 2.24) is 24.8 Å². The number of hydrogen-bond donors (Lipinski definition) is 0. The van der Waals surface area contributed by atoms with Crippen LogP contribution in [0.4, 0.5) is 19.4 Å². The molecule has 14 heteroatoms. The van der Waals surface area contributed by atoms with Crippen LogP contribution in [0.25, 0.3) is 32.9 Å². The summed E-state index contributed by atoms with van der Waals surface area (Å²) in [7, 11) is -0.786. The van der Waals surface area contributed by atoms with Crippen LogP contribution >= 0.6 is 0 Å². The molecule has 4 aliphatic rings. The zero-order chi connectivity index (χ0) is 45.9. The van der Waals surface area contributed by atoms with Crippen molar-refractivity contribution in [3.63, 3.8) is 0 Å². The Morgan fingerprint density at radius 3 is 2.38 bits per heavy atom. The van der Waals surface area contributed by atoms with Crippen LogP contribution in [-0.2, 0) is 9.47 Å². The number of ether oxygens (including phenoxy) is 4. The number of pyridine rings is 1. The van der Waals surface area contributed by atoms with Crippen molar-refractivity contribution < 1.29 is 32.5 Å². The highest BCUT2D eigenvalue weighted by Gasteiger charge is 2.48. The molecule has 4 fully saturated rings. The minimum absolute atomic E-state index is 0.0229. The Bertz CT molecular complexity index is 2500. The van der Waals surface area contributed by atoms with Gasteiger partial charge in [-0.25, -0.2) is 13.6 Å². The van der Waals surface area contributed by atoms with E-state index in [1.165, 1.54) is 18.7 Å². The number of anilines is 1. The molecule has 4 saturated heterocycles. The summed E-state index contributed by atoms with van der Waals surface area (Å²) in [6, 6.07) is 6.33. The number of hydrogen-bond acceptors (Lipinski definition) is 10. The summed E-state index contributed by atoms with van der Waals surface area (Å²) in [6.07, 6.45) is 5.70. The van der Waals surface area contributed by atoms with E-state index in [1.807, 2.05) is 25.7 Å². The van der Waals surface area contributed by atoms with Gasteiger partial charge in [0.25, 0.3) is 0 Å². The average Bonchev–Trinajstić information content (AvgIpc) is 3.85. The van der Waals surface area contributed by atoms with Gasteiger partial charge in [-0.05, 0) is 99.6 Å². The van der Waals surface area contributed by atoms with E-state index in [2.05, 4.69) is 69.4 Å². The number of benzene rings is 2. The van der Waals surface area contributed by atoms with Gasteiger partial charge in [0, 0.05) is 43.9 Å². The maximum Gasteiger partial charge on any atom is 0.410 e. The Balaban J connectivity index is 1.29. The molecule has 0 spiro atoms. The zero-order valence-corrected chi connectivity index (χ0v) is 40.2. The molecule has 0 saturated carbocycles. The number of rotatable bonds is 11. The largest absolute Gasteiger partial charge is 0.468 e. The van der Waals surface area contributed by atoms with Crippen molar-refractivity contribution in [3.8, 4) is 34.5 Å². The standard InChI is InChI=1S/C50H64F2N6O5Si/c1-30(2)64(31(3)4,32(5)6)20-17-38-41(51)16-13-34-21-37(62-29-60-11)22-39(42(34)38)44-43(52)45-40(24-53-44)46(55-47(54-45)61-28-50-18-12-19-57(50)25-33(7)23-50)56-26-35-14-15-36(27-56)58(35)48(59)63-49(8,9)10/h13,16,21-22,24,30-32,35-36H,7,12,14-15,18-19,23,25-29H2,1-6,8-11H3/t35?,36?,50-/m1/s1. The second-order valence-electron chi connectivity index (χ2n) is 20.3. The number of halogens is 2. The molecule has 0 radical (unpaired) electrons. The Kier molecular flexibility index (Phi) is 12.5. The van der Waals surface area contributed by atoms with Gasteiger partial charge in [-0.2, -0.15) is 9.97 Å². The minimum Gasteiger partial charge on any atom is -0.468 e. The first kappa shape index (κ1) is 45.7. The predicted molar refractivity (Wildman–Crippen MR) is 251 cm³/mol. The van der Waals surface area contributed by atoms with E-state index in [0.29, 0.717) is 69.6 Å². The van der Waals surface area contributed by atoms with Crippen molar-refractivity contribution in [3.05, 3.63) is 59.8 Å². The molecule has 0 aliphatic carbocycles. The van der Waals surface area contributed by atoms with Gasteiger partial charge >= 0.3 is 12.1 Å². The molecule has 4 aromatic rings. The molecular weight excluding hydrogens is 831 g/mol. The second-order valence-corrected chi connectivity index (χ2v) is 25.9. The third-order valence-electron chi connectivity index (χ3n) is 14.1. The first-order chi connectivity index (χ1) is 30.4. The second kappa shape index (κ2) is 17.5. The van der Waals surface area contributed by atoms with E-state index in [9.17, 15) is 4.79 Å². The van der Waals surface area contributed by atoms with Crippen LogP contribution in [0.3, 0.4) is 0 Å². The van der Waals surface area contributed by atoms with Crippen LogP contribution in [0, 0.1) is 23.1 Å². The van der Waals surface area contributed by atoms with Crippen molar-refractivity contribution in [1.29, 1.82) is 0 Å². The Morgan fingerprint density at radius 1 is 1.02 bits per heavy atom. The summed E-state index contributed by atoms with van der Waals surface area (Å²) >= 11 is 0. The molecule has 2 aromatic heterocycles. The van der Waals surface area contributed by atoms with E-state index in [1.54, 1.807) is 24.4 Å². The van der Waals surface area contributed by atoms with Gasteiger partial charge in [-0.3, -0.25) is 14.8 Å². The molecule has 3 atom stereocenters. The molecule has 1 amide bonds. The van der Waals surface area contributed by atoms with Gasteiger partial charge in [-0.1, -0.05) is 65.7 Å². The van der Waals surface area contributed by atoms with Crippen LogP contribution in [0.5, 0.6) is 11.8 Å². The maximum atomic E-state index is 17.9. The van der Waals surface area contributed by atoms with Crippen molar-refractivity contribution in [2.75, 3.05) is 51.6 Å². The van der Waals surface area contributed by atoms with Gasteiger partial charge in [0.05, 0.1) is 28.6 Å². The molecule has 2 aromatic carbocycles. The van der Waals surface area contributed by atoms with E-state index in [-0.39, 0.29) is 53.3 Å². The van der Waals surface area contributed by atoms with Crippen LogP contribution in [0.15, 0.2) is 42.6 Å². The van der Waals surface area contributed by atoms with Crippen molar-refractivity contribution >= 4 is 41.7 Å². The lowest BCUT2D eigenvalue weighted by Gasteiger charge is -2.42. The number of carbonyl (C=O) groups excluding carboxylic acids is 1. The number of amides is 1. The fourth-order valence-corrected chi connectivity index (χ4v) is 16.6. The fourth-order valence-electron chi connectivity index (χ4n) is 11.4. The molecule has 2 unspecified atom stereocenters. The van der Waals surface area contributed by atoms with Crippen molar-refractivity contribution in [2.24, 2.45) is 0 Å². The number of nitrogens with zero attached hydrogens (tertiary/aromatic N) is 6. The Hall–Kier alpha value is -4.84. The summed E-state index contributed by atoms with van der Waals surface area (Å²) in [5.41, 5.74) is 5.44. The van der Waals surface area contributed by atoms with Crippen LogP contribution < -0.4 is 14.4 Å². The zero-order valence-electron chi connectivity index (χ0n) is 39.2. The van der Waals surface area contributed by atoms with Gasteiger partial charge in [0.15, 0.2) is 12.6 Å². The van der Waals surface area contributed by atoms with Crippen molar-refractivity contribution in [2.45, 2.75) is 134 Å². The summed E-state index contributed by atoms with van der Waals surface area (Å²) in [5.74, 6) is 3.03. The number of carbonyl (C=O) groups is 1. The molecule has 342 valence electrons. The number of piperazine rings is 1. The highest BCUT2D eigenvalue weighted by atomic mass is 28.3. The number of aromatic nitrogens is 3. The van der Waals surface area contributed by atoms with Crippen LogP contribution in [0.1, 0.15) is 100.0 Å². The monoisotopic (exact) mass is 894 g/mol. The molecule has 64 heavy (non-hydrogen) atoms. The predicted octanol–water partition coefficient (Wildman–Crippen LogP) is 10.4. The lowest BCUT2D eigenvalue weighted by atomic mass is 9.94. The SMILES string of the molecule is C=C1CN2CCC[C@]2(COc2nc(N3CC4CCC(C3)N4C(=O)OC(C)(C)C)c3cnc(-c4cc(OCOC)cc5ccc(F)c(C#C[Si](C(C)C)(C(C)C)C(C)C)c45)c(F)c3n2)C1. The summed E-state index contributed by atoms with van der Waals surface area (Å²) in [5, 5.41) is 1.45. The van der Waals surface area contributed by atoms with Gasteiger partial charge < -0.3 is 23.8 Å². The number of methoxy groups -OCH3 is 1. The molecular formula is C50H64F2N6O5Si. The molecule has 6 heterocycles. The molecule has 8 rings (SSSR count). The third-order valence-corrected chi connectivity index (χ3v) is 20.4. The molecule has 4 aliphatic heterocycles. The van der Waals surface area contributed by atoms with Gasteiger partial charge in [0.1, 0.15) is 48.9 Å². The Morgan fingerprint density at radius 2 is 1.72 bits per heavy atom. The fraction of sp³-hybridized carbons (Fsp3) is 0.560. The smallest absolute Gasteiger partial charge is 0.410 e. The van der Waals surface area contributed by atoms with E-state index in [4.69, 9.17) is 33.9 Å². The topological polar surface area (TPSA) is 102 Å². The minimum atomic E-state index is -2.31. The Labute approximate surface area is 377 Å². The average molecular weight is 895 g/mol. The van der Waals surface area contributed by atoms with E-state index in [0.717, 1.165) is 45.2 Å². The highest BCUT2D eigenvalue weighted by molar-refractivity contribution is 6.90. The van der Waals surface area contributed by atoms with Gasteiger partial charge in [-0.15, -0.1) is 5.54 Å². The lowest BCUT2D eigenvalue weighted by Crippen LogP contribution is -2.57. The van der Waals surface area contributed by atoms with E-state index < -0.39 is 25.3 Å². The maximum absolute atomic E-state index is 17.9. The molecule has 0 N–H and O–H groups in total. The number of fused-ring (bicyclic) bond motifs is 5. The first-order valence-electron chi connectivity index (χ1n) is 22.9. The first-order valence-corrected chi connectivity index (χ1v) is 25.2. The lowest BCUT2D eigenvalue weighted by molar-refractivity contribution is 0.0122. The normalized spacial score (nSPS) is 21.4. The van der Waals surface area contributed by atoms with E-state index >= 15 is 8.78 Å².